The molecule has 0 saturated heterocycles. The van der Waals surface area contributed by atoms with E-state index in [2.05, 4.69) is 109 Å². The minimum atomic E-state index is -0.257. The molecule has 0 aliphatic heterocycles. The van der Waals surface area contributed by atoms with E-state index in [1.54, 1.807) is 0 Å². The van der Waals surface area contributed by atoms with E-state index in [9.17, 15) is 4.39 Å². The van der Waals surface area contributed by atoms with Gasteiger partial charge >= 0.3 is 29.6 Å². The van der Waals surface area contributed by atoms with Crippen LogP contribution in [0.25, 0.3) is 0 Å². The normalized spacial score (nSPS) is 11.1. The van der Waals surface area contributed by atoms with E-state index in [0.29, 0.717) is 19.8 Å². The van der Waals surface area contributed by atoms with Crippen molar-refractivity contribution in [1.82, 2.24) is 0 Å². The first-order chi connectivity index (χ1) is 32.8. The van der Waals surface area contributed by atoms with E-state index in [4.69, 9.17) is 28.8 Å². The van der Waals surface area contributed by atoms with Crippen LogP contribution in [-0.4, -0.2) is 30.9 Å². The van der Waals surface area contributed by atoms with Crippen LogP contribution in [0.3, 0.4) is 0 Å². The summed E-state index contributed by atoms with van der Waals surface area (Å²) >= 11 is 0. The monoisotopic (exact) mass is 1030 g/mol. The predicted molar refractivity (Wildman–Crippen MR) is 271 cm³/mol. The second-order valence-corrected chi connectivity index (χ2v) is 18.9. The second kappa shape index (κ2) is 33.0. The maximum absolute atomic E-state index is 13.2. The summed E-state index contributed by atoms with van der Waals surface area (Å²) in [6, 6.07) is 72.5. The smallest absolute Gasteiger partial charge is 1.00 e. The van der Waals surface area contributed by atoms with E-state index in [1.165, 1.54) is 36.6 Å². The molecule has 0 aromatic heterocycles. The second-order valence-electron chi connectivity index (χ2n) is 14.8. The Hall–Kier alpha value is -4.75. The largest absolute Gasteiger partial charge is 1.00 e. The molecule has 12 heteroatoms. The van der Waals surface area contributed by atoms with Gasteiger partial charge < -0.3 is 55.0 Å². The SMILES string of the molecule is CCOC(C)Oc1ccc(CO)cc1.CCOC(C)Oc1ccc(COc2ccc([S+](c3ccccc3)c3ccccc3)cc2)cc1.Fc1ccc([S+](c2ccccc2)c2ccccc2)cc1.[Cl-].[Cl-].[H-].[Na+]. The molecule has 0 fully saturated rings. The van der Waals surface area contributed by atoms with Crippen molar-refractivity contribution in [1.29, 1.82) is 0 Å². The van der Waals surface area contributed by atoms with Crippen LogP contribution in [0.4, 0.5) is 4.39 Å². The summed E-state index contributed by atoms with van der Waals surface area (Å²) in [4.78, 5) is 7.49. The third-order valence-electron chi connectivity index (χ3n) is 9.87. The van der Waals surface area contributed by atoms with Gasteiger partial charge in [-0.15, -0.1) is 0 Å². The number of hydrogen-bond acceptors (Lipinski definition) is 6. The van der Waals surface area contributed by atoms with E-state index >= 15 is 0 Å². The molecular weight excluding hydrogens is 970 g/mol. The Balaban J connectivity index is 0.000000390. The summed E-state index contributed by atoms with van der Waals surface area (Å²) in [6.45, 7) is 9.45. The molecule has 0 aliphatic carbocycles. The number of hydrogen-bond donors (Lipinski definition) is 1. The minimum Gasteiger partial charge on any atom is -1.00 e. The van der Waals surface area contributed by atoms with Crippen LogP contribution >= 0.6 is 0 Å². The molecule has 0 spiro atoms. The Morgan fingerprint density at radius 2 is 0.729 bits per heavy atom. The molecule has 2 atom stereocenters. The molecule has 8 rings (SSSR count). The molecule has 0 saturated carbocycles. The molecular formula is C58H60Cl2FNaO6S2. The Labute approximate surface area is 455 Å². The molecule has 362 valence electrons. The van der Waals surface area contributed by atoms with Gasteiger partial charge in [0.15, 0.2) is 42.0 Å². The minimum absolute atomic E-state index is 0. The number of aliphatic hydroxyl groups excluding tert-OH is 1. The zero-order valence-electron chi connectivity index (χ0n) is 41.2. The van der Waals surface area contributed by atoms with Crippen LogP contribution < -0.4 is 68.6 Å². The first kappa shape index (κ1) is 59.6. The quantitative estimate of drug-likeness (QED) is 0.0734. The van der Waals surface area contributed by atoms with Gasteiger partial charge in [0.25, 0.3) is 0 Å². The standard InChI is InChI=1S/C29H29O3S.C18H14FS.C11H16O3.2ClH.Na.H/c1-3-30-23(2)32-26-16-14-24(15-17-26)22-31-25-18-20-29(21-19-25)33(27-10-6-4-7-11-27)28-12-8-5-9-13-28;19-15-11-13-18(14-12-15)20(16-7-3-1-4-8-16)17-9-5-2-6-10-17;1-3-13-9(2)14-11-6-4-10(8-12)5-7-11;;;;/h4-21,23H,3,22H2,1-2H3;1-14H;4-7,9,12H,3,8H2,1-2H3;2*1H;;/q2*+1;;;;+1;-1/p-2. The van der Waals surface area contributed by atoms with Crippen LogP contribution in [0.1, 0.15) is 40.2 Å². The van der Waals surface area contributed by atoms with E-state index in [1.807, 2.05) is 125 Å². The fraction of sp³-hybridized carbons (Fsp3) is 0.172. The van der Waals surface area contributed by atoms with Crippen molar-refractivity contribution < 1.29 is 89.0 Å². The van der Waals surface area contributed by atoms with Crippen molar-refractivity contribution in [2.45, 2.75) is 82.9 Å². The van der Waals surface area contributed by atoms with Gasteiger partial charge in [-0.1, -0.05) is 97.1 Å². The molecule has 0 aliphatic rings. The first-order valence-corrected chi connectivity index (χ1v) is 24.8. The number of ether oxygens (including phenoxy) is 5. The van der Waals surface area contributed by atoms with Crippen molar-refractivity contribution in [2.75, 3.05) is 13.2 Å². The first-order valence-electron chi connectivity index (χ1n) is 22.4. The maximum Gasteiger partial charge on any atom is 1.00 e. The fourth-order valence-corrected chi connectivity index (χ4v) is 10.9. The summed E-state index contributed by atoms with van der Waals surface area (Å²) in [5.74, 6) is 2.20. The Kier molecular flexibility index (Phi) is 28.1. The summed E-state index contributed by atoms with van der Waals surface area (Å²) in [6.07, 6.45) is -0.494. The van der Waals surface area contributed by atoms with Gasteiger partial charge in [-0.25, -0.2) is 4.39 Å². The van der Waals surface area contributed by atoms with E-state index in [0.717, 1.165) is 33.3 Å². The van der Waals surface area contributed by atoms with Crippen molar-refractivity contribution in [3.63, 3.8) is 0 Å². The van der Waals surface area contributed by atoms with Crippen LogP contribution in [0.15, 0.2) is 248 Å². The van der Waals surface area contributed by atoms with E-state index < -0.39 is 0 Å². The molecule has 0 bridgehead atoms. The van der Waals surface area contributed by atoms with Crippen molar-refractivity contribution in [3.8, 4) is 17.2 Å². The Bertz CT molecular complexity index is 2500. The molecule has 0 heterocycles. The van der Waals surface area contributed by atoms with Crippen molar-refractivity contribution >= 4 is 21.8 Å². The third-order valence-corrected chi connectivity index (χ3v) is 14.3. The van der Waals surface area contributed by atoms with Gasteiger partial charge in [0.05, 0.1) is 28.4 Å². The number of rotatable bonds is 18. The zero-order valence-corrected chi connectivity index (χ0v) is 45.4. The molecule has 1 N–H and O–H groups in total. The topological polar surface area (TPSA) is 66.4 Å². The van der Waals surface area contributed by atoms with Gasteiger partial charge in [0, 0.05) is 13.2 Å². The van der Waals surface area contributed by atoms with Crippen molar-refractivity contribution in [3.05, 3.63) is 235 Å². The van der Waals surface area contributed by atoms with Crippen LogP contribution in [-0.2, 0) is 44.5 Å². The van der Waals surface area contributed by atoms with Crippen LogP contribution in [0.2, 0.25) is 0 Å². The van der Waals surface area contributed by atoms with E-state index in [-0.39, 0.29) is 103 Å². The average Bonchev–Trinajstić information content (AvgIpc) is 3.37. The molecule has 6 nitrogen and oxygen atoms in total. The predicted octanol–water partition coefficient (Wildman–Crippen LogP) is 5.11. The van der Waals surface area contributed by atoms with Gasteiger partial charge in [-0.2, -0.15) is 0 Å². The number of benzene rings is 8. The van der Waals surface area contributed by atoms with Crippen LogP contribution in [0, 0.1) is 5.82 Å². The summed E-state index contributed by atoms with van der Waals surface area (Å²) in [5.41, 5.74) is 1.96. The van der Waals surface area contributed by atoms with Gasteiger partial charge in [-0.05, 0) is 160 Å². The van der Waals surface area contributed by atoms with Gasteiger partial charge in [0.2, 0.25) is 0 Å². The summed E-state index contributed by atoms with van der Waals surface area (Å²) < 4.78 is 41.0. The maximum atomic E-state index is 13.2. The molecule has 0 amide bonds. The zero-order chi connectivity index (χ0) is 47.1. The van der Waals surface area contributed by atoms with Gasteiger partial charge in [0.1, 0.15) is 29.7 Å². The molecule has 8 aromatic carbocycles. The third kappa shape index (κ3) is 19.5. The summed E-state index contributed by atoms with van der Waals surface area (Å²) in [5, 5.41) is 8.83. The number of aliphatic hydroxyl groups is 1. The molecule has 70 heavy (non-hydrogen) atoms. The average molecular weight is 1030 g/mol. The molecule has 0 radical (unpaired) electrons. The summed E-state index contributed by atoms with van der Waals surface area (Å²) in [7, 11) is -0.342. The Morgan fingerprint density at radius 3 is 1.06 bits per heavy atom. The van der Waals surface area contributed by atoms with Crippen LogP contribution in [0.5, 0.6) is 17.2 Å². The molecule has 8 aromatic rings. The fourth-order valence-electron chi connectivity index (χ4n) is 6.71. The number of halogens is 3. The van der Waals surface area contributed by atoms with Gasteiger partial charge in [-0.3, -0.25) is 0 Å². The Morgan fingerprint density at radius 1 is 0.429 bits per heavy atom. The van der Waals surface area contributed by atoms with Crippen molar-refractivity contribution in [2.24, 2.45) is 0 Å². The molecule has 2 unspecified atom stereocenters.